The van der Waals surface area contributed by atoms with Crippen LogP contribution in [0.1, 0.15) is 17.5 Å². The summed E-state index contributed by atoms with van der Waals surface area (Å²) in [6, 6.07) is 19.5. The minimum absolute atomic E-state index is 0.989. The minimum atomic E-state index is 0.989. The van der Waals surface area contributed by atoms with E-state index in [4.69, 9.17) is 6.42 Å². The largest absolute Gasteiger partial charge is 0.269 e. The molecule has 1 aliphatic carbocycles. The van der Waals surface area contributed by atoms with E-state index in [2.05, 4.69) is 54.6 Å². The zero-order valence-corrected chi connectivity index (χ0v) is 11.0. The van der Waals surface area contributed by atoms with Gasteiger partial charge in [-0.2, -0.15) is 0 Å². The summed E-state index contributed by atoms with van der Waals surface area (Å²) in [6.07, 6.45) is 11.3. The zero-order chi connectivity index (χ0) is 13.5. The Balaban J connectivity index is 2.12. The molecule has 1 heterocycles. The number of hydrogen-bond acceptors (Lipinski definition) is 1. The van der Waals surface area contributed by atoms with Gasteiger partial charge in [0.25, 0.3) is 0 Å². The molecule has 94 valence electrons. The first kappa shape index (κ1) is 11.1. The molecule has 2 aromatic carbocycles. The summed E-state index contributed by atoms with van der Waals surface area (Å²) in [5.74, 6) is 0. The van der Waals surface area contributed by atoms with Gasteiger partial charge in [0, 0.05) is 17.2 Å². The molecule has 0 aromatic heterocycles. The van der Waals surface area contributed by atoms with E-state index < -0.39 is 0 Å². The number of fused-ring (bicyclic) bond motifs is 5. The van der Waals surface area contributed by atoms with Gasteiger partial charge in [0.1, 0.15) is 0 Å². The van der Waals surface area contributed by atoms with E-state index in [0.29, 0.717) is 0 Å². The highest BCUT2D eigenvalue weighted by molar-refractivity contribution is 6.13. The van der Waals surface area contributed by atoms with Crippen molar-refractivity contribution < 1.29 is 0 Å². The summed E-state index contributed by atoms with van der Waals surface area (Å²) >= 11 is 0. The third-order valence-corrected chi connectivity index (χ3v) is 3.93. The Hall–Kier alpha value is -2.72. The molecular formula is C19H13N. The first-order chi connectivity index (χ1) is 9.90. The number of anilines is 2. The van der Waals surface area contributed by atoms with E-state index in [1.165, 1.54) is 22.3 Å². The number of allylic oxidation sites excluding steroid dienone is 4. The summed E-state index contributed by atoms with van der Waals surface area (Å²) in [6.45, 7) is 0. The lowest BCUT2D eigenvalue weighted by molar-refractivity contribution is 1.32. The van der Waals surface area contributed by atoms with Crippen molar-refractivity contribution in [2.24, 2.45) is 0 Å². The monoisotopic (exact) mass is 255 g/mol. The molecule has 0 fully saturated rings. The molecule has 2 aliphatic rings. The topological polar surface area (TPSA) is 3.24 Å². The van der Waals surface area contributed by atoms with Crippen LogP contribution in [0.2, 0.25) is 0 Å². The highest BCUT2D eigenvalue weighted by atomic mass is 15.1. The maximum Gasteiger partial charge on any atom is 0.0624 e. The van der Waals surface area contributed by atoms with E-state index in [1.807, 2.05) is 17.0 Å². The Bertz CT molecular complexity index is 741. The van der Waals surface area contributed by atoms with Crippen LogP contribution in [0.15, 0.2) is 60.7 Å². The van der Waals surface area contributed by atoms with Crippen molar-refractivity contribution >= 4 is 22.5 Å². The molecule has 0 atom stereocenters. The van der Waals surface area contributed by atoms with Gasteiger partial charge in [0.2, 0.25) is 0 Å². The molecule has 0 unspecified atom stereocenters. The molecule has 0 saturated carbocycles. The molecule has 4 rings (SSSR count). The average molecular weight is 255 g/mol. The van der Waals surface area contributed by atoms with Gasteiger partial charge in [-0.25, -0.2) is 0 Å². The van der Waals surface area contributed by atoms with Gasteiger partial charge in [-0.05, 0) is 29.7 Å². The summed E-state index contributed by atoms with van der Waals surface area (Å²) < 4.78 is 0. The molecule has 0 spiro atoms. The molecule has 0 N–H and O–H groups in total. The maximum atomic E-state index is 5.79. The molecule has 0 saturated heterocycles. The van der Waals surface area contributed by atoms with Crippen LogP contribution in [0.4, 0.5) is 11.4 Å². The predicted molar refractivity (Wildman–Crippen MR) is 84.4 cm³/mol. The predicted octanol–water partition coefficient (Wildman–Crippen LogP) is 4.60. The van der Waals surface area contributed by atoms with Crippen LogP contribution in [0.5, 0.6) is 0 Å². The fourth-order valence-electron chi connectivity index (χ4n) is 3.09. The van der Waals surface area contributed by atoms with Crippen molar-refractivity contribution in [2.75, 3.05) is 4.90 Å². The normalized spacial score (nSPS) is 15.2. The van der Waals surface area contributed by atoms with E-state index in [1.54, 1.807) is 0 Å². The second-order valence-electron chi connectivity index (χ2n) is 4.97. The summed E-state index contributed by atoms with van der Waals surface area (Å²) in [4.78, 5) is 1.95. The van der Waals surface area contributed by atoms with Gasteiger partial charge in [0.15, 0.2) is 0 Å². The Morgan fingerprint density at radius 2 is 1.30 bits per heavy atom. The number of para-hydroxylation sites is 2. The van der Waals surface area contributed by atoms with E-state index in [9.17, 15) is 0 Å². The second kappa shape index (κ2) is 4.15. The van der Waals surface area contributed by atoms with Crippen LogP contribution in [0.3, 0.4) is 0 Å². The molecule has 1 heteroatoms. The lowest BCUT2D eigenvalue weighted by Crippen LogP contribution is -2.10. The van der Waals surface area contributed by atoms with E-state index in [0.717, 1.165) is 17.8 Å². The molecule has 0 radical (unpaired) electrons. The summed E-state index contributed by atoms with van der Waals surface area (Å²) in [5.41, 5.74) is 7.19. The SMILES string of the molecule is C#CN1c2ccccc2C2=CCC=C2c2ccccc21. The standard InChI is InChI=1S/C19H13N/c1-2-20-18-12-5-3-8-16(18)14-10-7-11-15(14)17-9-4-6-13-19(17)20/h1,3-6,8-13H,7H2. The quantitative estimate of drug-likeness (QED) is 0.622. The average Bonchev–Trinajstić information content (AvgIpc) is 2.95. The molecule has 2 aromatic rings. The van der Waals surface area contributed by atoms with Crippen molar-refractivity contribution in [3.63, 3.8) is 0 Å². The number of benzene rings is 2. The van der Waals surface area contributed by atoms with Gasteiger partial charge in [-0.1, -0.05) is 55.0 Å². The Morgan fingerprint density at radius 1 is 0.800 bits per heavy atom. The van der Waals surface area contributed by atoms with Gasteiger partial charge < -0.3 is 0 Å². The van der Waals surface area contributed by atoms with Gasteiger partial charge >= 0.3 is 0 Å². The maximum absolute atomic E-state index is 5.79. The third-order valence-electron chi connectivity index (χ3n) is 3.93. The summed E-state index contributed by atoms with van der Waals surface area (Å²) in [7, 11) is 0. The molecular weight excluding hydrogens is 242 g/mol. The van der Waals surface area contributed by atoms with Crippen molar-refractivity contribution in [1.29, 1.82) is 0 Å². The molecule has 20 heavy (non-hydrogen) atoms. The number of rotatable bonds is 0. The van der Waals surface area contributed by atoms with Crippen molar-refractivity contribution in [2.45, 2.75) is 6.42 Å². The number of terminal acetylenes is 1. The highest BCUT2D eigenvalue weighted by Gasteiger charge is 2.26. The van der Waals surface area contributed by atoms with Crippen LogP contribution < -0.4 is 4.90 Å². The Kier molecular flexibility index (Phi) is 2.31. The van der Waals surface area contributed by atoms with Crippen LogP contribution in [0.25, 0.3) is 11.1 Å². The summed E-state index contributed by atoms with van der Waals surface area (Å²) in [5, 5.41) is 0. The van der Waals surface area contributed by atoms with Gasteiger partial charge in [-0.15, -0.1) is 0 Å². The molecule has 1 nitrogen and oxygen atoms in total. The first-order valence-corrected chi connectivity index (χ1v) is 6.76. The van der Waals surface area contributed by atoms with E-state index >= 15 is 0 Å². The van der Waals surface area contributed by atoms with Crippen LogP contribution in [0, 0.1) is 12.5 Å². The third kappa shape index (κ3) is 1.39. The Labute approximate surface area is 118 Å². The molecule has 0 bridgehead atoms. The lowest BCUT2D eigenvalue weighted by Gasteiger charge is -2.19. The zero-order valence-electron chi connectivity index (χ0n) is 11.0. The van der Waals surface area contributed by atoms with Crippen LogP contribution in [-0.2, 0) is 0 Å². The van der Waals surface area contributed by atoms with Crippen molar-refractivity contribution in [3.05, 3.63) is 71.8 Å². The van der Waals surface area contributed by atoms with Crippen LogP contribution in [-0.4, -0.2) is 0 Å². The lowest BCUT2D eigenvalue weighted by atomic mass is 9.95. The second-order valence-corrected chi connectivity index (χ2v) is 4.97. The number of nitrogens with zero attached hydrogens (tertiary/aromatic N) is 1. The van der Waals surface area contributed by atoms with Gasteiger partial charge in [-0.3, -0.25) is 4.90 Å². The van der Waals surface area contributed by atoms with Crippen molar-refractivity contribution in [3.8, 4) is 12.5 Å². The molecule has 0 amide bonds. The van der Waals surface area contributed by atoms with Gasteiger partial charge in [0.05, 0.1) is 11.4 Å². The fraction of sp³-hybridized carbons (Fsp3) is 0.0526. The fourth-order valence-corrected chi connectivity index (χ4v) is 3.09. The smallest absolute Gasteiger partial charge is 0.0624 e. The molecule has 1 aliphatic heterocycles. The highest BCUT2D eigenvalue weighted by Crippen LogP contribution is 2.48. The first-order valence-electron chi connectivity index (χ1n) is 6.76. The number of hydrogen-bond donors (Lipinski definition) is 0. The minimum Gasteiger partial charge on any atom is -0.269 e. The Morgan fingerprint density at radius 3 is 1.80 bits per heavy atom. The van der Waals surface area contributed by atoms with Crippen LogP contribution >= 0.6 is 0 Å². The van der Waals surface area contributed by atoms with Crippen molar-refractivity contribution in [1.82, 2.24) is 0 Å². The van der Waals surface area contributed by atoms with E-state index in [-0.39, 0.29) is 0 Å².